The Balaban J connectivity index is 1.96. The normalized spacial score (nSPS) is 16.8. The summed E-state index contributed by atoms with van der Waals surface area (Å²) in [6.45, 7) is 3.76. The fourth-order valence-corrected chi connectivity index (χ4v) is 3.74. The van der Waals surface area contributed by atoms with Gasteiger partial charge in [0, 0.05) is 24.1 Å². The van der Waals surface area contributed by atoms with Crippen LogP contribution >= 0.6 is 0 Å². The van der Waals surface area contributed by atoms with E-state index < -0.39 is 5.54 Å². The summed E-state index contributed by atoms with van der Waals surface area (Å²) in [5, 5.41) is 3.20. The van der Waals surface area contributed by atoms with Crippen LogP contribution in [-0.4, -0.2) is 33.4 Å². The van der Waals surface area contributed by atoms with Crippen molar-refractivity contribution in [2.24, 2.45) is 0 Å². The third kappa shape index (κ3) is 4.21. The van der Waals surface area contributed by atoms with Gasteiger partial charge in [0.1, 0.15) is 11.2 Å². The summed E-state index contributed by atoms with van der Waals surface area (Å²) >= 11 is 0. The van der Waals surface area contributed by atoms with Crippen molar-refractivity contribution in [2.45, 2.75) is 64.0 Å². The van der Waals surface area contributed by atoms with Crippen molar-refractivity contribution < 1.29 is 9.59 Å². The molecule has 6 heteroatoms. The molecule has 1 fully saturated rings. The Morgan fingerprint density at radius 1 is 1.14 bits per heavy atom. The molecule has 1 aliphatic rings. The molecule has 1 aromatic carbocycles. The van der Waals surface area contributed by atoms with Crippen molar-refractivity contribution in [3.63, 3.8) is 0 Å². The first-order valence-electron chi connectivity index (χ1n) is 10.0. The minimum atomic E-state index is -1.03. The summed E-state index contributed by atoms with van der Waals surface area (Å²) in [6, 6.07) is 9.48. The Morgan fingerprint density at radius 3 is 2.46 bits per heavy atom. The predicted octanol–water partition coefficient (Wildman–Crippen LogP) is 3.74. The van der Waals surface area contributed by atoms with Gasteiger partial charge in [-0.25, -0.2) is 4.98 Å². The fourth-order valence-electron chi connectivity index (χ4n) is 3.74. The van der Waals surface area contributed by atoms with Gasteiger partial charge in [-0.3, -0.25) is 19.5 Å². The molecule has 2 aromatic rings. The lowest BCUT2D eigenvalue weighted by atomic mass is 9.90. The second kappa shape index (κ2) is 8.95. The Hall–Kier alpha value is -2.76. The van der Waals surface area contributed by atoms with Gasteiger partial charge in [-0.15, -0.1) is 0 Å². The van der Waals surface area contributed by atoms with Crippen LogP contribution in [-0.2, 0) is 4.79 Å². The number of para-hydroxylation sites is 1. The van der Waals surface area contributed by atoms with Crippen LogP contribution in [0.25, 0.3) is 0 Å². The maximum absolute atomic E-state index is 13.4. The van der Waals surface area contributed by atoms with Crippen LogP contribution in [0.5, 0.6) is 0 Å². The number of aromatic nitrogens is 2. The molecule has 0 bridgehead atoms. The van der Waals surface area contributed by atoms with E-state index in [0.717, 1.165) is 25.7 Å². The van der Waals surface area contributed by atoms with E-state index in [1.807, 2.05) is 44.2 Å². The van der Waals surface area contributed by atoms with Gasteiger partial charge in [0.15, 0.2) is 0 Å². The number of benzene rings is 1. The minimum Gasteiger partial charge on any atom is -0.351 e. The molecule has 1 N–H and O–H groups in total. The lowest BCUT2D eigenvalue weighted by Gasteiger charge is -2.40. The summed E-state index contributed by atoms with van der Waals surface area (Å²) in [6.07, 6.45) is 10.4. The van der Waals surface area contributed by atoms with E-state index in [-0.39, 0.29) is 23.6 Å². The molecule has 1 unspecified atom stereocenters. The molecule has 1 saturated carbocycles. The van der Waals surface area contributed by atoms with Crippen molar-refractivity contribution in [1.82, 2.24) is 15.3 Å². The Kier molecular flexibility index (Phi) is 6.39. The maximum Gasteiger partial charge on any atom is 0.279 e. The number of nitrogens with zero attached hydrogens (tertiary/aromatic N) is 3. The number of anilines is 1. The van der Waals surface area contributed by atoms with E-state index in [4.69, 9.17) is 0 Å². The van der Waals surface area contributed by atoms with Crippen LogP contribution in [0.15, 0.2) is 48.9 Å². The standard InChI is InChI=1S/C22H28N4O2/c1-3-22(2,21(28)25-17-10-6-4-7-11-17)26(18-12-8-5-9-13-18)20(27)19-16-23-14-15-24-19/h5,8-9,12-17H,3-4,6-7,10-11H2,1-2H3,(H,25,28). The second-order valence-corrected chi connectivity index (χ2v) is 7.50. The molecule has 2 amide bonds. The molecule has 148 valence electrons. The molecule has 0 aliphatic heterocycles. The molecule has 0 saturated heterocycles. The highest BCUT2D eigenvalue weighted by Gasteiger charge is 2.43. The average molecular weight is 380 g/mol. The summed E-state index contributed by atoms with van der Waals surface area (Å²) in [7, 11) is 0. The lowest BCUT2D eigenvalue weighted by molar-refractivity contribution is -0.126. The zero-order valence-corrected chi connectivity index (χ0v) is 16.6. The molecule has 6 nitrogen and oxygen atoms in total. The van der Waals surface area contributed by atoms with Crippen molar-refractivity contribution in [3.05, 3.63) is 54.6 Å². The number of amides is 2. The number of hydrogen-bond acceptors (Lipinski definition) is 4. The summed E-state index contributed by atoms with van der Waals surface area (Å²) in [4.78, 5) is 36.5. The van der Waals surface area contributed by atoms with Gasteiger partial charge in [0.25, 0.3) is 5.91 Å². The summed E-state index contributed by atoms with van der Waals surface area (Å²) in [5.74, 6) is -0.453. The van der Waals surface area contributed by atoms with Crippen molar-refractivity contribution in [1.29, 1.82) is 0 Å². The quantitative estimate of drug-likeness (QED) is 0.828. The second-order valence-electron chi connectivity index (χ2n) is 7.50. The largest absolute Gasteiger partial charge is 0.351 e. The van der Waals surface area contributed by atoms with E-state index >= 15 is 0 Å². The van der Waals surface area contributed by atoms with Crippen LogP contribution in [0, 0.1) is 0 Å². The third-order valence-electron chi connectivity index (χ3n) is 5.61. The van der Waals surface area contributed by atoms with Gasteiger partial charge in [-0.2, -0.15) is 0 Å². The first kappa shape index (κ1) is 20.0. The zero-order valence-electron chi connectivity index (χ0n) is 16.6. The van der Waals surface area contributed by atoms with E-state index in [1.165, 1.54) is 25.0 Å². The Labute approximate surface area is 166 Å². The highest BCUT2D eigenvalue weighted by molar-refractivity contribution is 6.10. The summed E-state index contributed by atoms with van der Waals surface area (Å²) < 4.78 is 0. The Bertz CT molecular complexity index is 791. The average Bonchev–Trinajstić information content (AvgIpc) is 2.75. The van der Waals surface area contributed by atoms with Crippen molar-refractivity contribution >= 4 is 17.5 Å². The molecule has 3 rings (SSSR count). The van der Waals surface area contributed by atoms with Gasteiger partial charge in [-0.1, -0.05) is 44.4 Å². The van der Waals surface area contributed by atoms with Crippen LogP contribution in [0.4, 0.5) is 5.69 Å². The fraction of sp³-hybridized carbons (Fsp3) is 0.455. The first-order valence-corrected chi connectivity index (χ1v) is 10.0. The van der Waals surface area contributed by atoms with Gasteiger partial charge in [0.2, 0.25) is 5.91 Å². The SMILES string of the molecule is CCC(C)(C(=O)NC1CCCCC1)N(C(=O)c1cnccn1)c1ccccc1. The maximum atomic E-state index is 13.4. The first-order chi connectivity index (χ1) is 13.6. The van der Waals surface area contributed by atoms with Crippen LogP contribution in [0.1, 0.15) is 62.9 Å². The topological polar surface area (TPSA) is 75.2 Å². The molecular weight excluding hydrogens is 352 g/mol. The molecule has 1 aliphatic carbocycles. The number of rotatable bonds is 6. The van der Waals surface area contributed by atoms with E-state index in [9.17, 15) is 9.59 Å². The highest BCUT2D eigenvalue weighted by atomic mass is 16.2. The lowest BCUT2D eigenvalue weighted by Crippen LogP contribution is -2.60. The number of nitrogens with one attached hydrogen (secondary N) is 1. The highest BCUT2D eigenvalue weighted by Crippen LogP contribution is 2.30. The molecule has 1 aromatic heterocycles. The molecular formula is C22H28N4O2. The Morgan fingerprint density at radius 2 is 1.86 bits per heavy atom. The number of hydrogen-bond donors (Lipinski definition) is 1. The number of carbonyl (C=O) groups is 2. The minimum absolute atomic E-state index is 0.122. The molecule has 1 heterocycles. The van der Waals surface area contributed by atoms with Gasteiger partial charge in [0.05, 0.1) is 6.20 Å². The van der Waals surface area contributed by atoms with Crippen LogP contribution in [0.3, 0.4) is 0 Å². The van der Waals surface area contributed by atoms with Crippen molar-refractivity contribution in [3.8, 4) is 0 Å². The van der Waals surface area contributed by atoms with Crippen LogP contribution in [0.2, 0.25) is 0 Å². The monoisotopic (exact) mass is 380 g/mol. The smallest absolute Gasteiger partial charge is 0.279 e. The van der Waals surface area contributed by atoms with Gasteiger partial charge < -0.3 is 5.32 Å². The molecule has 0 radical (unpaired) electrons. The zero-order chi connectivity index (χ0) is 20.0. The van der Waals surface area contributed by atoms with E-state index in [0.29, 0.717) is 12.1 Å². The van der Waals surface area contributed by atoms with Crippen molar-refractivity contribution in [2.75, 3.05) is 4.90 Å². The number of carbonyl (C=O) groups excluding carboxylic acids is 2. The van der Waals surface area contributed by atoms with Crippen LogP contribution < -0.4 is 10.2 Å². The molecule has 0 spiro atoms. The molecule has 28 heavy (non-hydrogen) atoms. The van der Waals surface area contributed by atoms with E-state index in [2.05, 4.69) is 15.3 Å². The third-order valence-corrected chi connectivity index (χ3v) is 5.61. The molecule has 1 atom stereocenters. The van der Waals surface area contributed by atoms with Gasteiger partial charge in [-0.05, 0) is 38.3 Å². The van der Waals surface area contributed by atoms with E-state index in [1.54, 1.807) is 4.90 Å². The van der Waals surface area contributed by atoms with Gasteiger partial charge >= 0.3 is 0 Å². The predicted molar refractivity (Wildman–Crippen MR) is 109 cm³/mol. The summed E-state index contributed by atoms with van der Waals surface area (Å²) in [5.41, 5.74) is -0.147.